The van der Waals surface area contributed by atoms with Crippen molar-refractivity contribution in [3.63, 3.8) is 0 Å². The van der Waals surface area contributed by atoms with Crippen molar-refractivity contribution in [3.05, 3.63) is 32.9 Å². The van der Waals surface area contributed by atoms with Crippen LogP contribution in [0.2, 0.25) is 0 Å². The Morgan fingerprint density at radius 2 is 2.20 bits per heavy atom. The molecule has 2 nitrogen and oxygen atoms in total. The molecule has 0 heterocycles. The van der Waals surface area contributed by atoms with Crippen molar-refractivity contribution in [2.24, 2.45) is 0 Å². The number of ether oxygens (including phenoxy) is 1. The highest BCUT2D eigenvalue weighted by molar-refractivity contribution is 14.1. The molecule has 1 N–H and O–H groups in total. The molecule has 0 aliphatic rings. The standard InChI is InChI=1S/C12H17IO2/c1-3-7-15-8-11(14)10-6-4-5-9(2)12(10)13/h4-6,11,14H,3,7-8H2,1-2H3. The Bertz CT molecular complexity index is 312. The van der Waals surface area contributed by atoms with Crippen LogP contribution < -0.4 is 0 Å². The van der Waals surface area contributed by atoms with Gasteiger partial charge in [0.2, 0.25) is 0 Å². The number of hydrogen-bond donors (Lipinski definition) is 1. The van der Waals surface area contributed by atoms with Crippen LogP contribution in [0.5, 0.6) is 0 Å². The van der Waals surface area contributed by atoms with Gasteiger partial charge in [0.15, 0.2) is 0 Å². The number of aliphatic hydroxyl groups excluding tert-OH is 1. The van der Waals surface area contributed by atoms with Crippen LogP contribution in [0.4, 0.5) is 0 Å². The van der Waals surface area contributed by atoms with Crippen LogP contribution in [-0.4, -0.2) is 18.3 Å². The third-order valence-corrected chi connectivity index (χ3v) is 3.68. The lowest BCUT2D eigenvalue weighted by Crippen LogP contribution is -2.09. The molecule has 1 aromatic carbocycles. The lowest BCUT2D eigenvalue weighted by atomic mass is 10.1. The van der Waals surface area contributed by atoms with E-state index >= 15 is 0 Å². The van der Waals surface area contributed by atoms with Gasteiger partial charge < -0.3 is 9.84 Å². The Kier molecular flexibility index (Phi) is 5.56. The molecule has 0 saturated heterocycles. The Labute approximate surface area is 105 Å². The molecule has 0 amide bonds. The van der Waals surface area contributed by atoms with Gasteiger partial charge in [-0.3, -0.25) is 0 Å². The second-order valence-corrected chi connectivity index (χ2v) is 4.65. The fraction of sp³-hybridized carbons (Fsp3) is 0.500. The van der Waals surface area contributed by atoms with E-state index in [1.165, 1.54) is 5.56 Å². The highest BCUT2D eigenvalue weighted by Crippen LogP contribution is 2.23. The van der Waals surface area contributed by atoms with E-state index in [1.54, 1.807) is 0 Å². The van der Waals surface area contributed by atoms with Gasteiger partial charge >= 0.3 is 0 Å². The first-order chi connectivity index (χ1) is 7.16. The molecule has 0 aliphatic heterocycles. The number of benzene rings is 1. The Hall–Kier alpha value is -0.130. The van der Waals surface area contributed by atoms with Crippen molar-refractivity contribution in [1.82, 2.24) is 0 Å². The number of aliphatic hydroxyl groups is 1. The van der Waals surface area contributed by atoms with Crippen LogP contribution in [0.15, 0.2) is 18.2 Å². The monoisotopic (exact) mass is 320 g/mol. The SMILES string of the molecule is CCCOCC(O)c1cccc(C)c1I. The highest BCUT2D eigenvalue weighted by Gasteiger charge is 2.11. The molecular formula is C12H17IO2. The summed E-state index contributed by atoms with van der Waals surface area (Å²) in [5.74, 6) is 0. The summed E-state index contributed by atoms with van der Waals surface area (Å²) in [5, 5.41) is 9.92. The zero-order valence-electron chi connectivity index (χ0n) is 9.16. The fourth-order valence-electron chi connectivity index (χ4n) is 1.36. The summed E-state index contributed by atoms with van der Waals surface area (Å²) >= 11 is 2.27. The molecule has 0 aromatic heterocycles. The van der Waals surface area contributed by atoms with Gasteiger partial charge in [0, 0.05) is 10.2 Å². The van der Waals surface area contributed by atoms with E-state index in [0.717, 1.165) is 15.6 Å². The topological polar surface area (TPSA) is 29.5 Å². The molecule has 84 valence electrons. The molecule has 0 spiro atoms. The zero-order valence-corrected chi connectivity index (χ0v) is 11.3. The van der Waals surface area contributed by atoms with Crippen molar-refractivity contribution in [3.8, 4) is 0 Å². The van der Waals surface area contributed by atoms with Crippen molar-refractivity contribution in [1.29, 1.82) is 0 Å². The molecule has 0 radical (unpaired) electrons. The quantitative estimate of drug-likeness (QED) is 0.667. The maximum atomic E-state index is 9.92. The van der Waals surface area contributed by atoms with Crippen molar-refractivity contribution < 1.29 is 9.84 Å². The van der Waals surface area contributed by atoms with E-state index < -0.39 is 6.10 Å². The minimum Gasteiger partial charge on any atom is -0.386 e. The van der Waals surface area contributed by atoms with E-state index in [2.05, 4.69) is 29.5 Å². The van der Waals surface area contributed by atoms with Gasteiger partial charge in [-0.05, 0) is 47.1 Å². The third kappa shape index (κ3) is 3.74. The van der Waals surface area contributed by atoms with Crippen molar-refractivity contribution in [2.45, 2.75) is 26.4 Å². The molecule has 0 bridgehead atoms. The number of aryl methyl sites for hydroxylation is 1. The van der Waals surface area contributed by atoms with E-state index in [9.17, 15) is 5.11 Å². The van der Waals surface area contributed by atoms with Crippen molar-refractivity contribution in [2.75, 3.05) is 13.2 Å². The predicted molar refractivity (Wildman–Crippen MR) is 70.0 cm³/mol. The highest BCUT2D eigenvalue weighted by atomic mass is 127. The Morgan fingerprint density at radius 3 is 2.87 bits per heavy atom. The molecule has 15 heavy (non-hydrogen) atoms. The maximum absolute atomic E-state index is 9.92. The normalized spacial score (nSPS) is 12.8. The zero-order chi connectivity index (χ0) is 11.3. The number of rotatable bonds is 5. The smallest absolute Gasteiger partial charge is 0.103 e. The lowest BCUT2D eigenvalue weighted by Gasteiger charge is -2.14. The molecule has 1 rings (SSSR count). The summed E-state index contributed by atoms with van der Waals surface area (Å²) in [6, 6.07) is 5.97. The minimum atomic E-state index is -0.511. The van der Waals surface area contributed by atoms with Gasteiger partial charge in [-0.1, -0.05) is 25.1 Å². The van der Waals surface area contributed by atoms with Gasteiger partial charge in [0.05, 0.1) is 6.61 Å². The minimum absolute atomic E-state index is 0.382. The molecule has 1 atom stereocenters. The Balaban J connectivity index is 2.65. The summed E-state index contributed by atoms with van der Waals surface area (Å²) in [5.41, 5.74) is 2.16. The van der Waals surface area contributed by atoms with Gasteiger partial charge in [-0.25, -0.2) is 0 Å². The third-order valence-electron chi connectivity index (χ3n) is 2.20. The number of halogens is 1. The fourth-order valence-corrected chi connectivity index (χ4v) is 2.08. The summed E-state index contributed by atoms with van der Waals surface area (Å²) in [4.78, 5) is 0. The molecular weight excluding hydrogens is 303 g/mol. The Morgan fingerprint density at radius 1 is 1.47 bits per heavy atom. The average molecular weight is 320 g/mol. The van der Waals surface area contributed by atoms with E-state index in [1.807, 2.05) is 25.1 Å². The average Bonchev–Trinajstić information content (AvgIpc) is 2.22. The van der Waals surface area contributed by atoms with Crippen LogP contribution in [0.1, 0.15) is 30.6 Å². The predicted octanol–water partition coefficient (Wildman–Crippen LogP) is 3.06. The van der Waals surface area contributed by atoms with E-state index in [4.69, 9.17) is 4.74 Å². The number of hydrogen-bond acceptors (Lipinski definition) is 2. The molecule has 0 fully saturated rings. The first kappa shape index (κ1) is 12.9. The van der Waals surface area contributed by atoms with Gasteiger partial charge in [-0.15, -0.1) is 0 Å². The molecule has 0 saturated carbocycles. The molecule has 0 aliphatic carbocycles. The molecule has 3 heteroatoms. The van der Waals surface area contributed by atoms with E-state index in [0.29, 0.717) is 13.2 Å². The summed E-state index contributed by atoms with van der Waals surface area (Å²) in [6.07, 6.45) is 0.473. The summed E-state index contributed by atoms with van der Waals surface area (Å²) in [7, 11) is 0. The summed E-state index contributed by atoms with van der Waals surface area (Å²) < 4.78 is 6.47. The van der Waals surface area contributed by atoms with Crippen molar-refractivity contribution >= 4 is 22.6 Å². The largest absolute Gasteiger partial charge is 0.386 e. The molecule has 1 aromatic rings. The lowest BCUT2D eigenvalue weighted by molar-refractivity contribution is 0.0359. The first-order valence-corrected chi connectivity index (χ1v) is 6.25. The van der Waals surface area contributed by atoms with Gasteiger partial charge in [0.1, 0.15) is 6.10 Å². The maximum Gasteiger partial charge on any atom is 0.103 e. The van der Waals surface area contributed by atoms with Gasteiger partial charge in [0.25, 0.3) is 0 Å². The van der Waals surface area contributed by atoms with Gasteiger partial charge in [-0.2, -0.15) is 0 Å². The first-order valence-electron chi connectivity index (χ1n) is 5.17. The molecule has 1 unspecified atom stereocenters. The second-order valence-electron chi connectivity index (χ2n) is 3.57. The van der Waals surface area contributed by atoms with Crippen LogP contribution in [0.25, 0.3) is 0 Å². The summed E-state index contributed by atoms with van der Waals surface area (Å²) in [6.45, 7) is 5.19. The second kappa shape index (κ2) is 6.45. The van der Waals surface area contributed by atoms with Crippen LogP contribution in [0.3, 0.4) is 0 Å². The van der Waals surface area contributed by atoms with Crippen LogP contribution in [-0.2, 0) is 4.74 Å². The van der Waals surface area contributed by atoms with Crippen LogP contribution >= 0.6 is 22.6 Å². The van der Waals surface area contributed by atoms with Crippen LogP contribution in [0, 0.1) is 10.5 Å². The van der Waals surface area contributed by atoms with E-state index in [-0.39, 0.29) is 0 Å².